The number of carbonyl (C=O) groups excluding carboxylic acids is 2. The number of ether oxygens (including phenoxy) is 2. The third kappa shape index (κ3) is 4.57. The van der Waals surface area contributed by atoms with Crippen LogP contribution in [-0.4, -0.2) is 39.2 Å². The molecule has 2 aromatic carbocycles. The maximum absolute atomic E-state index is 12.4. The number of amides is 2. The second-order valence-electron chi connectivity index (χ2n) is 4.95. The van der Waals surface area contributed by atoms with Crippen molar-refractivity contribution in [1.82, 2.24) is 5.32 Å². The number of anilines is 1. The summed E-state index contributed by atoms with van der Waals surface area (Å²) < 4.78 is 10.5. The summed E-state index contributed by atoms with van der Waals surface area (Å²) in [6.07, 6.45) is 0. The maximum atomic E-state index is 12.4. The highest BCUT2D eigenvalue weighted by Gasteiger charge is 2.12. The average Bonchev–Trinajstić information content (AvgIpc) is 2.62. The smallest absolute Gasteiger partial charge is 0.259 e. The van der Waals surface area contributed by atoms with Crippen molar-refractivity contribution in [3.05, 3.63) is 59.7 Å². The summed E-state index contributed by atoms with van der Waals surface area (Å²) in [5.74, 6) is 0.0366. The summed E-state index contributed by atoms with van der Waals surface area (Å²) in [5, 5.41) is 5.34. The van der Waals surface area contributed by atoms with Gasteiger partial charge in [0.15, 0.2) is 0 Å². The minimum Gasteiger partial charge on any atom is -0.490 e. The minimum absolute atomic E-state index is 0.176. The van der Waals surface area contributed by atoms with E-state index in [9.17, 15) is 9.59 Å². The lowest BCUT2D eigenvalue weighted by atomic mass is 10.1. The monoisotopic (exact) mass is 328 g/mol. The second kappa shape index (κ2) is 8.69. The first-order valence-electron chi connectivity index (χ1n) is 7.50. The van der Waals surface area contributed by atoms with Crippen molar-refractivity contribution in [3.63, 3.8) is 0 Å². The van der Waals surface area contributed by atoms with Crippen molar-refractivity contribution in [2.24, 2.45) is 0 Å². The van der Waals surface area contributed by atoms with Gasteiger partial charge in [-0.05, 0) is 36.4 Å². The molecule has 126 valence electrons. The van der Waals surface area contributed by atoms with Gasteiger partial charge in [-0.3, -0.25) is 9.59 Å². The van der Waals surface area contributed by atoms with Gasteiger partial charge < -0.3 is 20.1 Å². The predicted molar refractivity (Wildman–Crippen MR) is 91.6 cm³/mol. The molecule has 2 amide bonds. The van der Waals surface area contributed by atoms with Gasteiger partial charge in [-0.25, -0.2) is 0 Å². The first-order chi connectivity index (χ1) is 11.7. The lowest BCUT2D eigenvalue weighted by Gasteiger charge is -2.11. The molecule has 0 aliphatic rings. The van der Waals surface area contributed by atoms with Crippen LogP contribution in [0.4, 0.5) is 5.69 Å². The van der Waals surface area contributed by atoms with Crippen LogP contribution in [0.1, 0.15) is 20.7 Å². The topological polar surface area (TPSA) is 76.7 Å². The summed E-state index contributed by atoms with van der Waals surface area (Å²) in [5.41, 5.74) is 1.56. The second-order valence-corrected chi connectivity index (χ2v) is 4.95. The van der Waals surface area contributed by atoms with Crippen LogP contribution in [-0.2, 0) is 4.74 Å². The highest BCUT2D eigenvalue weighted by molar-refractivity contribution is 6.06. The van der Waals surface area contributed by atoms with Crippen LogP contribution in [0.15, 0.2) is 48.5 Å². The largest absolute Gasteiger partial charge is 0.490 e. The highest BCUT2D eigenvalue weighted by Crippen LogP contribution is 2.20. The molecule has 0 bridgehead atoms. The Morgan fingerprint density at radius 3 is 2.33 bits per heavy atom. The van der Waals surface area contributed by atoms with E-state index in [1.807, 2.05) is 0 Å². The molecule has 6 nitrogen and oxygen atoms in total. The van der Waals surface area contributed by atoms with Gasteiger partial charge in [-0.2, -0.15) is 0 Å². The summed E-state index contributed by atoms with van der Waals surface area (Å²) in [6.45, 7) is 0.804. The number of hydrogen-bond acceptors (Lipinski definition) is 4. The normalized spacial score (nSPS) is 10.1. The van der Waals surface area contributed by atoms with Crippen LogP contribution >= 0.6 is 0 Å². The van der Waals surface area contributed by atoms with Gasteiger partial charge in [0, 0.05) is 25.4 Å². The molecule has 0 aliphatic heterocycles. The van der Waals surface area contributed by atoms with Crippen LogP contribution in [0.25, 0.3) is 0 Å². The fourth-order valence-corrected chi connectivity index (χ4v) is 2.06. The molecule has 0 fully saturated rings. The van der Waals surface area contributed by atoms with E-state index < -0.39 is 0 Å². The zero-order valence-electron chi connectivity index (χ0n) is 13.7. The number of methoxy groups -OCH3 is 1. The lowest BCUT2D eigenvalue weighted by molar-refractivity contribution is 0.0962. The van der Waals surface area contributed by atoms with Gasteiger partial charge in [0.2, 0.25) is 0 Å². The van der Waals surface area contributed by atoms with Crippen molar-refractivity contribution < 1.29 is 19.1 Å². The van der Waals surface area contributed by atoms with Gasteiger partial charge in [-0.1, -0.05) is 12.1 Å². The minimum atomic E-state index is -0.282. The Labute approximate surface area is 140 Å². The molecule has 6 heteroatoms. The number of benzene rings is 2. The SMILES string of the molecule is CNC(=O)c1ccc(NC(=O)c2ccccc2OCCOC)cc1. The van der Waals surface area contributed by atoms with Crippen molar-refractivity contribution in [3.8, 4) is 5.75 Å². The first-order valence-corrected chi connectivity index (χ1v) is 7.50. The molecule has 0 heterocycles. The number of para-hydroxylation sites is 1. The maximum Gasteiger partial charge on any atom is 0.259 e. The molecule has 24 heavy (non-hydrogen) atoms. The summed E-state index contributed by atoms with van der Waals surface area (Å²) in [6, 6.07) is 13.7. The molecule has 2 aromatic rings. The van der Waals surface area contributed by atoms with Gasteiger partial charge >= 0.3 is 0 Å². The van der Waals surface area contributed by atoms with Gasteiger partial charge in [0.1, 0.15) is 12.4 Å². The van der Waals surface area contributed by atoms with Crippen LogP contribution in [0.5, 0.6) is 5.75 Å². The third-order valence-electron chi connectivity index (χ3n) is 3.31. The Kier molecular flexibility index (Phi) is 6.33. The van der Waals surface area contributed by atoms with Crippen molar-refractivity contribution in [2.45, 2.75) is 0 Å². The molecule has 0 aromatic heterocycles. The first kappa shape index (κ1) is 17.5. The molecule has 2 rings (SSSR count). The number of carbonyl (C=O) groups is 2. The van der Waals surface area contributed by atoms with Crippen molar-refractivity contribution >= 4 is 17.5 Å². The summed E-state index contributed by atoms with van der Waals surface area (Å²) >= 11 is 0. The predicted octanol–water partition coefficient (Wildman–Crippen LogP) is 2.32. The van der Waals surface area contributed by atoms with Gasteiger partial charge in [0.05, 0.1) is 12.2 Å². The number of rotatable bonds is 7. The summed E-state index contributed by atoms with van der Waals surface area (Å²) in [4.78, 5) is 24.0. The molecule has 0 saturated carbocycles. The van der Waals surface area contributed by atoms with E-state index in [4.69, 9.17) is 9.47 Å². The zero-order chi connectivity index (χ0) is 17.4. The lowest BCUT2D eigenvalue weighted by Crippen LogP contribution is -2.18. The fraction of sp³-hybridized carbons (Fsp3) is 0.222. The van der Waals surface area contributed by atoms with Gasteiger partial charge in [-0.15, -0.1) is 0 Å². The summed E-state index contributed by atoms with van der Waals surface area (Å²) in [7, 11) is 3.16. The Morgan fingerprint density at radius 2 is 1.67 bits per heavy atom. The number of nitrogens with one attached hydrogen (secondary N) is 2. The number of hydrogen-bond donors (Lipinski definition) is 2. The van der Waals surface area contributed by atoms with Crippen molar-refractivity contribution in [1.29, 1.82) is 0 Å². The van der Waals surface area contributed by atoms with Crippen LogP contribution < -0.4 is 15.4 Å². The Bertz CT molecular complexity index is 698. The van der Waals surface area contributed by atoms with E-state index in [1.54, 1.807) is 62.7 Å². The fourth-order valence-electron chi connectivity index (χ4n) is 2.06. The molecule has 2 N–H and O–H groups in total. The van der Waals surface area contributed by atoms with Gasteiger partial charge in [0.25, 0.3) is 11.8 Å². The average molecular weight is 328 g/mol. The van der Waals surface area contributed by atoms with E-state index in [2.05, 4.69) is 10.6 Å². The molecular weight excluding hydrogens is 308 g/mol. The van der Waals surface area contributed by atoms with Crippen LogP contribution in [0.2, 0.25) is 0 Å². The quantitative estimate of drug-likeness (QED) is 0.765. The van der Waals surface area contributed by atoms with Crippen LogP contribution in [0, 0.1) is 0 Å². The Morgan fingerprint density at radius 1 is 0.958 bits per heavy atom. The highest BCUT2D eigenvalue weighted by atomic mass is 16.5. The standard InChI is InChI=1S/C18H20N2O4/c1-19-17(21)13-7-9-14(10-8-13)20-18(22)15-5-3-4-6-16(15)24-12-11-23-2/h3-10H,11-12H2,1-2H3,(H,19,21)(H,20,22). The molecular formula is C18H20N2O4. The van der Waals surface area contributed by atoms with E-state index in [0.29, 0.717) is 35.8 Å². The van der Waals surface area contributed by atoms with E-state index >= 15 is 0 Å². The molecule has 0 radical (unpaired) electrons. The molecule has 0 spiro atoms. The van der Waals surface area contributed by atoms with E-state index in [1.165, 1.54) is 0 Å². The van der Waals surface area contributed by atoms with Crippen molar-refractivity contribution in [2.75, 3.05) is 32.7 Å². The third-order valence-corrected chi connectivity index (χ3v) is 3.31. The Balaban J connectivity index is 2.08. The molecule has 0 saturated heterocycles. The molecule has 0 atom stereocenters. The molecule has 0 aliphatic carbocycles. The van der Waals surface area contributed by atoms with E-state index in [-0.39, 0.29) is 11.8 Å². The molecule has 0 unspecified atom stereocenters. The van der Waals surface area contributed by atoms with Crippen LogP contribution in [0.3, 0.4) is 0 Å². The van der Waals surface area contributed by atoms with E-state index in [0.717, 1.165) is 0 Å². The Hall–Kier alpha value is -2.86. The zero-order valence-corrected chi connectivity index (χ0v) is 13.7.